The van der Waals surface area contributed by atoms with Crippen molar-refractivity contribution >= 4 is 51.5 Å². The number of carbonyl (C=O) groups is 5. The highest BCUT2D eigenvalue weighted by Crippen LogP contribution is 2.23. The first-order valence-electron chi connectivity index (χ1n) is 14.3. The van der Waals surface area contributed by atoms with E-state index in [1.165, 1.54) is 4.90 Å². The summed E-state index contributed by atoms with van der Waals surface area (Å²) in [7, 11) is 0. The van der Waals surface area contributed by atoms with Gasteiger partial charge in [0.25, 0.3) is 0 Å². The largest absolute Gasteiger partial charge is 0.481 e. The molecule has 0 aliphatic carbocycles. The number of amides is 3. The van der Waals surface area contributed by atoms with Crippen LogP contribution in [0.1, 0.15) is 30.4 Å². The number of nitrogens with two attached hydrogens (primary N) is 1. The number of H-pyrrole nitrogens is 2. The van der Waals surface area contributed by atoms with Gasteiger partial charge in [-0.25, -0.2) is 4.79 Å². The third-order valence-corrected chi connectivity index (χ3v) is 8.00. The van der Waals surface area contributed by atoms with Crippen molar-refractivity contribution < 1.29 is 34.2 Å². The van der Waals surface area contributed by atoms with Crippen LogP contribution in [0.15, 0.2) is 60.9 Å². The average Bonchev–Trinajstić information content (AvgIpc) is 3.75. The fraction of sp³-hybridized carbons (Fsp3) is 0.323. The van der Waals surface area contributed by atoms with E-state index in [0.717, 1.165) is 27.4 Å². The molecule has 0 saturated carbocycles. The molecule has 1 aliphatic heterocycles. The first-order valence-corrected chi connectivity index (χ1v) is 14.3. The molecular weight excluding hydrogens is 568 g/mol. The molecule has 230 valence electrons. The molecule has 1 aliphatic rings. The quantitative estimate of drug-likeness (QED) is 0.125. The van der Waals surface area contributed by atoms with Crippen molar-refractivity contribution in [2.24, 2.45) is 5.73 Å². The molecular formula is C31H34N6O7. The Bertz CT molecular complexity index is 1710. The number of nitrogens with zero attached hydrogens (tertiary/aromatic N) is 1. The van der Waals surface area contributed by atoms with Gasteiger partial charge >= 0.3 is 11.9 Å². The number of likely N-dealkylation sites (tertiary alicyclic amines) is 1. The lowest BCUT2D eigenvalue weighted by molar-refractivity contribution is -0.147. The van der Waals surface area contributed by atoms with E-state index in [1.807, 2.05) is 54.7 Å². The SMILES string of the molecule is NC(Cc1c[nH]c2ccccc12)C(=O)N1CCCC1C(=O)NC(Cc1c[nH]c2ccccc12)C(=O)NC(CC(=O)O)C(=O)O. The predicted octanol–water partition coefficient (Wildman–Crippen LogP) is 1.28. The zero-order chi connectivity index (χ0) is 31.4. The summed E-state index contributed by atoms with van der Waals surface area (Å²) in [5.41, 5.74) is 9.65. The van der Waals surface area contributed by atoms with Gasteiger partial charge in [-0.05, 0) is 42.5 Å². The van der Waals surface area contributed by atoms with Gasteiger partial charge in [-0.1, -0.05) is 36.4 Å². The molecule has 2 aromatic heterocycles. The molecule has 5 rings (SSSR count). The van der Waals surface area contributed by atoms with Crippen molar-refractivity contribution in [2.75, 3.05) is 6.54 Å². The van der Waals surface area contributed by atoms with E-state index >= 15 is 0 Å². The van der Waals surface area contributed by atoms with Gasteiger partial charge in [-0.2, -0.15) is 0 Å². The van der Waals surface area contributed by atoms with Crippen molar-refractivity contribution in [3.8, 4) is 0 Å². The number of benzene rings is 2. The number of hydrogen-bond donors (Lipinski definition) is 7. The maximum atomic E-state index is 13.6. The van der Waals surface area contributed by atoms with Crippen LogP contribution in [0.3, 0.4) is 0 Å². The van der Waals surface area contributed by atoms with E-state index < -0.39 is 60.2 Å². The fourth-order valence-electron chi connectivity index (χ4n) is 5.79. The van der Waals surface area contributed by atoms with Crippen LogP contribution in [0.4, 0.5) is 0 Å². The first kappa shape index (κ1) is 30.3. The van der Waals surface area contributed by atoms with E-state index in [4.69, 9.17) is 10.8 Å². The summed E-state index contributed by atoms with van der Waals surface area (Å²) in [5.74, 6) is -4.75. The molecule has 4 atom stereocenters. The number of rotatable bonds is 12. The molecule has 1 fully saturated rings. The monoisotopic (exact) mass is 602 g/mol. The molecule has 4 aromatic rings. The number of aliphatic carboxylic acids is 2. The van der Waals surface area contributed by atoms with Gasteiger partial charge in [0.05, 0.1) is 12.5 Å². The summed E-state index contributed by atoms with van der Waals surface area (Å²) in [4.78, 5) is 71.0. The van der Waals surface area contributed by atoms with Crippen molar-refractivity contribution in [3.63, 3.8) is 0 Å². The van der Waals surface area contributed by atoms with Crippen LogP contribution in [0, 0.1) is 0 Å². The number of para-hydroxylation sites is 2. The Kier molecular flexibility index (Phi) is 8.95. The minimum Gasteiger partial charge on any atom is -0.481 e. The standard InChI is InChI=1S/C31H34N6O7/c32-21(12-17-15-33-22-8-3-1-6-19(17)22)30(42)37-11-5-10-26(37)29(41)35-24(28(40)36-25(31(43)44)14-27(38)39)13-18-16-34-23-9-4-2-7-20(18)23/h1-4,6-9,15-16,21,24-26,33-34H,5,10-14,32H2,(H,35,41)(H,36,40)(H,38,39)(H,43,44). The summed E-state index contributed by atoms with van der Waals surface area (Å²) in [6.07, 6.45) is 3.83. The van der Waals surface area contributed by atoms with Crippen LogP contribution in [0.2, 0.25) is 0 Å². The second kappa shape index (κ2) is 13.0. The number of aromatic nitrogens is 2. The van der Waals surface area contributed by atoms with Crippen molar-refractivity contribution in [1.82, 2.24) is 25.5 Å². The Morgan fingerprint density at radius 3 is 2.05 bits per heavy atom. The summed E-state index contributed by atoms with van der Waals surface area (Å²) in [6, 6.07) is 10.3. The van der Waals surface area contributed by atoms with Crippen molar-refractivity contribution in [2.45, 2.75) is 56.3 Å². The zero-order valence-corrected chi connectivity index (χ0v) is 23.8. The highest BCUT2D eigenvalue weighted by atomic mass is 16.4. The third-order valence-electron chi connectivity index (χ3n) is 8.00. The van der Waals surface area contributed by atoms with E-state index in [2.05, 4.69) is 20.6 Å². The molecule has 0 spiro atoms. The maximum Gasteiger partial charge on any atom is 0.326 e. The lowest BCUT2D eigenvalue weighted by Gasteiger charge is -2.28. The minimum atomic E-state index is -1.70. The Hall–Kier alpha value is -5.17. The molecule has 3 amide bonds. The average molecular weight is 603 g/mol. The summed E-state index contributed by atoms with van der Waals surface area (Å²) >= 11 is 0. The topological polar surface area (TPSA) is 211 Å². The molecule has 3 heterocycles. The summed E-state index contributed by atoms with van der Waals surface area (Å²) in [6.45, 7) is 0.317. The number of carbonyl (C=O) groups excluding carboxylic acids is 3. The van der Waals surface area contributed by atoms with Crippen molar-refractivity contribution in [3.05, 3.63) is 72.1 Å². The molecule has 2 aromatic carbocycles. The predicted molar refractivity (Wildman–Crippen MR) is 160 cm³/mol. The molecule has 0 radical (unpaired) electrons. The smallest absolute Gasteiger partial charge is 0.326 e. The Labute approximate surface area is 251 Å². The first-order chi connectivity index (χ1) is 21.1. The molecule has 1 saturated heterocycles. The zero-order valence-electron chi connectivity index (χ0n) is 23.8. The van der Waals surface area contributed by atoms with E-state index in [1.54, 1.807) is 6.20 Å². The van der Waals surface area contributed by atoms with Gasteiger partial charge in [0.1, 0.15) is 18.1 Å². The lowest BCUT2D eigenvalue weighted by Crippen LogP contribution is -2.57. The van der Waals surface area contributed by atoms with Crippen LogP contribution >= 0.6 is 0 Å². The minimum absolute atomic E-state index is 0.0122. The highest BCUT2D eigenvalue weighted by molar-refractivity contribution is 5.96. The summed E-state index contributed by atoms with van der Waals surface area (Å²) in [5, 5.41) is 25.3. The number of carboxylic acid groups (broad SMARTS) is 2. The van der Waals surface area contributed by atoms with Gasteiger partial charge in [0, 0.05) is 47.2 Å². The fourth-order valence-corrected chi connectivity index (χ4v) is 5.79. The molecule has 8 N–H and O–H groups in total. The number of nitrogens with one attached hydrogen (secondary N) is 4. The normalized spacial score (nSPS) is 16.8. The highest BCUT2D eigenvalue weighted by Gasteiger charge is 2.38. The summed E-state index contributed by atoms with van der Waals surface area (Å²) < 4.78 is 0. The molecule has 4 unspecified atom stereocenters. The Morgan fingerprint density at radius 2 is 1.45 bits per heavy atom. The van der Waals surface area contributed by atoms with Gasteiger partial charge in [-0.15, -0.1) is 0 Å². The third kappa shape index (κ3) is 6.57. The molecule has 44 heavy (non-hydrogen) atoms. The number of hydrogen-bond acceptors (Lipinski definition) is 6. The van der Waals surface area contributed by atoms with E-state index in [-0.39, 0.29) is 12.8 Å². The van der Waals surface area contributed by atoms with Gasteiger partial charge in [0.2, 0.25) is 17.7 Å². The second-order valence-electron chi connectivity index (χ2n) is 11.0. The molecule has 13 heteroatoms. The van der Waals surface area contributed by atoms with Gasteiger partial charge in [-0.3, -0.25) is 19.2 Å². The van der Waals surface area contributed by atoms with Gasteiger partial charge in [0.15, 0.2) is 0 Å². The van der Waals surface area contributed by atoms with Crippen LogP contribution in [0.5, 0.6) is 0 Å². The van der Waals surface area contributed by atoms with Gasteiger partial charge < -0.3 is 41.4 Å². The second-order valence-corrected chi connectivity index (χ2v) is 11.0. The number of aromatic amines is 2. The van der Waals surface area contributed by atoms with Crippen LogP contribution in [-0.4, -0.2) is 85.5 Å². The van der Waals surface area contributed by atoms with Crippen molar-refractivity contribution in [1.29, 1.82) is 0 Å². The Balaban J connectivity index is 1.33. The molecule has 13 nitrogen and oxygen atoms in total. The Morgan fingerprint density at radius 1 is 0.864 bits per heavy atom. The number of carboxylic acids is 2. The van der Waals surface area contributed by atoms with Crippen LogP contribution in [-0.2, 0) is 36.8 Å². The van der Waals surface area contributed by atoms with E-state index in [0.29, 0.717) is 24.9 Å². The lowest BCUT2D eigenvalue weighted by atomic mass is 10.0. The van der Waals surface area contributed by atoms with Crippen LogP contribution in [0.25, 0.3) is 21.8 Å². The maximum absolute atomic E-state index is 13.6. The van der Waals surface area contributed by atoms with Crippen LogP contribution < -0.4 is 16.4 Å². The molecule has 0 bridgehead atoms. The van der Waals surface area contributed by atoms with E-state index in [9.17, 15) is 29.1 Å². The number of fused-ring (bicyclic) bond motifs is 2.